The first-order chi connectivity index (χ1) is 5.91. The Kier molecular flexibility index (Phi) is 2.66. The Morgan fingerprint density at radius 1 is 1.23 bits per heavy atom. The van der Waals surface area contributed by atoms with Gasteiger partial charge in [0.2, 0.25) is 0 Å². The SMILES string of the molecule is Cc1ccc(C(N)C(C)(F)F)cc1. The van der Waals surface area contributed by atoms with E-state index < -0.39 is 12.0 Å². The summed E-state index contributed by atoms with van der Waals surface area (Å²) in [6.45, 7) is 2.73. The molecule has 0 saturated heterocycles. The van der Waals surface area contributed by atoms with Crippen LogP contribution in [0.15, 0.2) is 24.3 Å². The van der Waals surface area contributed by atoms with Gasteiger partial charge in [-0.2, -0.15) is 0 Å². The summed E-state index contributed by atoms with van der Waals surface area (Å²) in [5.74, 6) is -2.87. The fraction of sp³-hybridized carbons (Fsp3) is 0.400. The second-order valence-electron chi connectivity index (χ2n) is 3.34. The molecular formula is C10H13F2N. The van der Waals surface area contributed by atoms with Crippen LogP contribution in [0.5, 0.6) is 0 Å². The van der Waals surface area contributed by atoms with Crippen molar-refractivity contribution in [3.05, 3.63) is 35.4 Å². The van der Waals surface area contributed by atoms with Crippen LogP contribution in [0.1, 0.15) is 24.1 Å². The first-order valence-electron chi connectivity index (χ1n) is 4.11. The molecule has 0 spiro atoms. The Labute approximate surface area is 76.6 Å². The fourth-order valence-corrected chi connectivity index (χ4v) is 1.07. The quantitative estimate of drug-likeness (QED) is 0.753. The lowest BCUT2D eigenvalue weighted by molar-refractivity contribution is -0.00619. The van der Waals surface area contributed by atoms with Gasteiger partial charge >= 0.3 is 0 Å². The molecule has 0 aliphatic carbocycles. The summed E-state index contributed by atoms with van der Waals surface area (Å²) in [6.07, 6.45) is 0. The minimum Gasteiger partial charge on any atom is -0.319 e. The first kappa shape index (κ1) is 10.1. The minimum atomic E-state index is -2.87. The molecule has 1 atom stereocenters. The topological polar surface area (TPSA) is 26.0 Å². The lowest BCUT2D eigenvalue weighted by Gasteiger charge is -2.19. The summed E-state index contributed by atoms with van der Waals surface area (Å²) >= 11 is 0. The van der Waals surface area contributed by atoms with E-state index in [2.05, 4.69) is 0 Å². The smallest absolute Gasteiger partial charge is 0.264 e. The molecule has 0 aromatic heterocycles. The Hall–Kier alpha value is -0.960. The van der Waals surface area contributed by atoms with Crippen molar-refractivity contribution in [2.45, 2.75) is 25.8 Å². The minimum absolute atomic E-state index is 0.470. The second kappa shape index (κ2) is 3.42. The molecule has 0 radical (unpaired) electrons. The number of benzene rings is 1. The normalized spacial score (nSPS) is 14.2. The summed E-state index contributed by atoms with van der Waals surface area (Å²) in [7, 11) is 0. The van der Waals surface area contributed by atoms with Crippen LogP contribution in [0, 0.1) is 6.92 Å². The molecule has 1 aromatic carbocycles. The molecule has 0 fully saturated rings. The van der Waals surface area contributed by atoms with E-state index in [1.807, 2.05) is 6.92 Å². The van der Waals surface area contributed by atoms with Crippen LogP contribution in [-0.4, -0.2) is 5.92 Å². The highest BCUT2D eigenvalue weighted by Gasteiger charge is 2.31. The number of aryl methyl sites for hydroxylation is 1. The lowest BCUT2D eigenvalue weighted by Crippen LogP contribution is -2.29. The summed E-state index contributed by atoms with van der Waals surface area (Å²) < 4.78 is 25.6. The van der Waals surface area contributed by atoms with Crippen molar-refractivity contribution in [2.75, 3.05) is 0 Å². The van der Waals surface area contributed by atoms with Crippen LogP contribution in [0.4, 0.5) is 8.78 Å². The van der Waals surface area contributed by atoms with E-state index in [0.29, 0.717) is 5.56 Å². The molecule has 3 heteroatoms. The third-order valence-electron chi connectivity index (χ3n) is 1.98. The first-order valence-corrected chi connectivity index (χ1v) is 4.11. The Morgan fingerprint density at radius 3 is 2.08 bits per heavy atom. The van der Waals surface area contributed by atoms with Crippen LogP contribution < -0.4 is 5.73 Å². The largest absolute Gasteiger partial charge is 0.319 e. The molecule has 72 valence electrons. The molecule has 0 saturated carbocycles. The molecule has 0 aliphatic rings. The number of hydrogen-bond donors (Lipinski definition) is 1. The van der Waals surface area contributed by atoms with Crippen molar-refractivity contribution in [3.63, 3.8) is 0 Å². The maximum atomic E-state index is 12.8. The third kappa shape index (κ3) is 2.49. The second-order valence-corrected chi connectivity index (χ2v) is 3.34. The van der Waals surface area contributed by atoms with Crippen LogP contribution in [0.25, 0.3) is 0 Å². The molecule has 2 N–H and O–H groups in total. The molecule has 0 amide bonds. The Morgan fingerprint density at radius 2 is 1.69 bits per heavy atom. The van der Waals surface area contributed by atoms with Crippen molar-refractivity contribution < 1.29 is 8.78 Å². The lowest BCUT2D eigenvalue weighted by atomic mass is 10.0. The average molecular weight is 185 g/mol. The number of halogens is 2. The molecule has 1 rings (SSSR count). The zero-order valence-corrected chi connectivity index (χ0v) is 7.72. The van der Waals surface area contributed by atoms with Gasteiger partial charge in [0.1, 0.15) is 0 Å². The van der Waals surface area contributed by atoms with E-state index >= 15 is 0 Å². The average Bonchev–Trinajstić information content (AvgIpc) is 2.03. The van der Waals surface area contributed by atoms with Crippen LogP contribution in [0.3, 0.4) is 0 Å². The summed E-state index contributed by atoms with van der Waals surface area (Å²) in [5, 5.41) is 0. The van der Waals surface area contributed by atoms with Gasteiger partial charge in [-0.25, -0.2) is 8.78 Å². The van der Waals surface area contributed by atoms with Crippen LogP contribution in [0.2, 0.25) is 0 Å². The van der Waals surface area contributed by atoms with Gasteiger partial charge in [0, 0.05) is 6.92 Å². The van der Waals surface area contributed by atoms with Gasteiger partial charge in [-0.1, -0.05) is 29.8 Å². The van der Waals surface area contributed by atoms with E-state index in [4.69, 9.17) is 5.73 Å². The number of nitrogens with two attached hydrogens (primary N) is 1. The van der Waals surface area contributed by atoms with Crippen LogP contribution in [-0.2, 0) is 0 Å². The zero-order chi connectivity index (χ0) is 10.1. The number of rotatable bonds is 2. The van der Waals surface area contributed by atoms with Gasteiger partial charge in [0.15, 0.2) is 0 Å². The molecule has 0 aliphatic heterocycles. The van der Waals surface area contributed by atoms with E-state index in [-0.39, 0.29) is 0 Å². The van der Waals surface area contributed by atoms with Gasteiger partial charge in [-0.15, -0.1) is 0 Å². The molecular weight excluding hydrogens is 172 g/mol. The summed E-state index contributed by atoms with van der Waals surface area (Å²) in [5.41, 5.74) is 6.88. The number of hydrogen-bond acceptors (Lipinski definition) is 1. The van der Waals surface area contributed by atoms with Crippen LogP contribution >= 0.6 is 0 Å². The highest BCUT2D eigenvalue weighted by Crippen LogP contribution is 2.28. The van der Waals surface area contributed by atoms with E-state index in [0.717, 1.165) is 12.5 Å². The van der Waals surface area contributed by atoms with Gasteiger partial charge in [0.05, 0.1) is 6.04 Å². The third-order valence-corrected chi connectivity index (χ3v) is 1.98. The molecule has 1 aromatic rings. The van der Waals surface area contributed by atoms with Gasteiger partial charge in [0.25, 0.3) is 5.92 Å². The predicted octanol–water partition coefficient (Wildman–Crippen LogP) is 2.65. The number of alkyl halides is 2. The predicted molar refractivity (Wildman–Crippen MR) is 48.7 cm³/mol. The van der Waals surface area contributed by atoms with Crippen molar-refractivity contribution in [1.29, 1.82) is 0 Å². The maximum Gasteiger partial charge on any atom is 0.264 e. The molecule has 1 unspecified atom stereocenters. The van der Waals surface area contributed by atoms with Crippen molar-refractivity contribution in [3.8, 4) is 0 Å². The highest BCUT2D eigenvalue weighted by atomic mass is 19.3. The Bertz CT molecular complexity index is 274. The van der Waals surface area contributed by atoms with Crippen molar-refractivity contribution in [2.24, 2.45) is 5.73 Å². The van der Waals surface area contributed by atoms with Gasteiger partial charge < -0.3 is 5.73 Å². The molecule has 13 heavy (non-hydrogen) atoms. The van der Waals surface area contributed by atoms with E-state index in [1.54, 1.807) is 24.3 Å². The standard InChI is InChI=1S/C10H13F2N/c1-7-3-5-8(6-4-7)9(13)10(2,11)12/h3-6,9H,13H2,1-2H3. The monoisotopic (exact) mass is 185 g/mol. The van der Waals surface area contributed by atoms with Crippen molar-refractivity contribution >= 4 is 0 Å². The van der Waals surface area contributed by atoms with E-state index in [9.17, 15) is 8.78 Å². The summed E-state index contributed by atoms with van der Waals surface area (Å²) in [4.78, 5) is 0. The highest BCUT2D eigenvalue weighted by molar-refractivity contribution is 5.25. The van der Waals surface area contributed by atoms with Crippen molar-refractivity contribution in [1.82, 2.24) is 0 Å². The molecule has 1 nitrogen and oxygen atoms in total. The van der Waals surface area contributed by atoms with Gasteiger partial charge in [-0.05, 0) is 12.5 Å². The van der Waals surface area contributed by atoms with Gasteiger partial charge in [-0.3, -0.25) is 0 Å². The van der Waals surface area contributed by atoms with E-state index in [1.165, 1.54) is 0 Å². The zero-order valence-electron chi connectivity index (χ0n) is 7.72. The summed E-state index contributed by atoms with van der Waals surface area (Å²) in [6, 6.07) is 5.62. The maximum absolute atomic E-state index is 12.8. The molecule has 0 bridgehead atoms. The molecule has 0 heterocycles. The Balaban J connectivity index is 2.90. The fourth-order valence-electron chi connectivity index (χ4n) is 1.07.